The van der Waals surface area contributed by atoms with Gasteiger partial charge in [-0.3, -0.25) is 15.1 Å². The van der Waals surface area contributed by atoms with Crippen LogP contribution in [0.3, 0.4) is 0 Å². The standard InChI is InChI=1S/C23H27N3O.C4H8O2/c24-23(27-21-16-25-13-10-18(21)11-14-25)26-15-12-17-6-4-5-9-20(17)22(26)19-7-2-1-3-8-19;1-3(2)4(5)6/h1-9,18,21-22,24H,10-16H2;3H,1-2H3,(H,5,6). The van der Waals surface area contributed by atoms with Crippen LogP contribution in [0.5, 0.6) is 0 Å². The number of hydrogen-bond acceptors (Lipinski definition) is 4. The number of piperidine rings is 3. The van der Waals surface area contributed by atoms with E-state index < -0.39 is 5.97 Å². The predicted molar refractivity (Wildman–Crippen MR) is 129 cm³/mol. The first-order chi connectivity index (χ1) is 15.9. The topological polar surface area (TPSA) is 76.9 Å². The molecule has 176 valence electrons. The summed E-state index contributed by atoms with van der Waals surface area (Å²) in [7, 11) is 0. The van der Waals surface area contributed by atoms with Gasteiger partial charge in [-0.05, 0) is 55.0 Å². The van der Waals surface area contributed by atoms with Crippen LogP contribution < -0.4 is 0 Å². The Morgan fingerprint density at radius 2 is 1.67 bits per heavy atom. The number of carboxylic acid groups (broad SMARTS) is 1. The van der Waals surface area contributed by atoms with Gasteiger partial charge in [0, 0.05) is 13.1 Å². The van der Waals surface area contributed by atoms with Gasteiger partial charge in [0.05, 0.1) is 12.0 Å². The maximum atomic E-state index is 9.70. The molecule has 0 saturated carbocycles. The lowest BCUT2D eigenvalue weighted by Gasteiger charge is -2.46. The molecule has 6 heteroatoms. The van der Waals surface area contributed by atoms with Crippen molar-refractivity contribution in [3.63, 3.8) is 0 Å². The highest BCUT2D eigenvalue weighted by Gasteiger charge is 2.38. The quantitative estimate of drug-likeness (QED) is 0.536. The molecule has 2 unspecified atom stereocenters. The zero-order chi connectivity index (χ0) is 23.4. The van der Waals surface area contributed by atoms with Crippen molar-refractivity contribution in [3.05, 3.63) is 71.3 Å². The van der Waals surface area contributed by atoms with Gasteiger partial charge in [-0.25, -0.2) is 0 Å². The van der Waals surface area contributed by atoms with Crippen LogP contribution in [0.25, 0.3) is 0 Å². The van der Waals surface area contributed by atoms with E-state index in [0.29, 0.717) is 11.9 Å². The van der Waals surface area contributed by atoms with Crippen molar-refractivity contribution in [2.75, 3.05) is 26.2 Å². The van der Waals surface area contributed by atoms with Crippen LogP contribution in [0.4, 0.5) is 0 Å². The molecule has 2 N–H and O–H groups in total. The third kappa shape index (κ3) is 5.38. The number of ether oxygens (including phenoxy) is 1. The number of rotatable bonds is 3. The monoisotopic (exact) mass is 449 g/mol. The summed E-state index contributed by atoms with van der Waals surface area (Å²) in [6, 6.07) is 19.6. The van der Waals surface area contributed by atoms with E-state index in [1.54, 1.807) is 13.8 Å². The van der Waals surface area contributed by atoms with Gasteiger partial charge < -0.3 is 14.7 Å². The SMILES string of the molecule is CC(C)C(=O)O.N=C(OC1CN2CCC1CC2)N1CCc2ccccc2C1c1ccccc1. The van der Waals surface area contributed by atoms with Crippen molar-refractivity contribution >= 4 is 12.0 Å². The minimum absolute atomic E-state index is 0.0599. The number of benzene rings is 2. The first kappa shape index (κ1) is 23.3. The first-order valence-electron chi connectivity index (χ1n) is 12.0. The Labute approximate surface area is 196 Å². The number of nitrogens with zero attached hydrogens (tertiary/aromatic N) is 2. The predicted octanol–water partition coefficient (Wildman–Crippen LogP) is 4.41. The highest BCUT2D eigenvalue weighted by atomic mass is 16.5. The maximum absolute atomic E-state index is 9.70. The molecular weight excluding hydrogens is 414 g/mol. The summed E-state index contributed by atoms with van der Waals surface area (Å²) in [6.45, 7) is 7.48. The molecule has 3 saturated heterocycles. The van der Waals surface area contributed by atoms with Crippen LogP contribution in [0.2, 0.25) is 0 Å². The summed E-state index contributed by atoms with van der Waals surface area (Å²) in [6.07, 6.45) is 3.56. The average Bonchev–Trinajstić information content (AvgIpc) is 2.85. The zero-order valence-electron chi connectivity index (χ0n) is 19.6. The number of aliphatic carboxylic acids is 1. The van der Waals surface area contributed by atoms with Crippen molar-refractivity contribution in [2.45, 2.75) is 45.3 Å². The Bertz CT molecular complexity index is 954. The molecule has 2 aromatic rings. The van der Waals surface area contributed by atoms with E-state index in [1.807, 2.05) is 0 Å². The first-order valence-corrected chi connectivity index (χ1v) is 12.0. The Hall–Kier alpha value is -2.86. The molecule has 2 atom stereocenters. The fraction of sp³-hybridized carbons (Fsp3) is 0.481. The third-order valence-electron chi connectivity index (χ3n) is 7.01. The Morgan fingerprint density at radius 3 is 2.27 bits per heavy atom. The zero-order valence-corrected chi connectivity index (χ0v) is 19.6. The molecule has 0 spiro atoms. The summed E-state index contributed by atoms with van der Waals surface area (Å²) in [5.74, 6) is -0.359. The van der Waals surface area contributed by atoms with Crippen LogP contribution in [-0.2, 0) is 16.0 Å². The molecule has 6 rings (SSSR count). The van der Waals surface area contributed by atoms with Crippen molar-refractivity contribution in [2.24, 2.45) is 11.8 Å². The number of nitrogens with one attached hydrogen (secondary N) is 1. The average molecular weight is 450 g/mol. The lowest BCUT2D eigenvalue weighted by atomic mass is 9.86. The second-order valence-electron chi connectivity index (χ2n) is 9.55. The highest BCUT2D eigenvalue weighted by molar-refractivity contribution is 5.73. The number of carbonyl (C=O) groups is 1. The van der Waals surface area contributed by atoms with E-state index in [-0.39, 0.29) is 18.1 Å². The second kappa shape index (κ2) is 10.4. The van der Waals surface area contributed by atoms with E-state index >= 15 is 0 Å². The van der Waals surface area contributed by atoms with Crippen LogP contribution in [0, 0.1) is 17.2 Å². The number of fused-ring (bicyclic) bond motifs is 4. The third-order valence-corrected chi connectivity index (χ3v) is 7.01. The smallest absolute Gasteiger partial charge is 0.305 e. The van der Waals surface area contributed by atoms with Crippen LogP contribution in [-0.4, -0.2) is 59.2 Å². The lowest BCUT2D eigenvalue weighted by Crippen LogP contribution is -2.53. The molecule has 6 nitrogen and oxygen atoms in total. The Kier molecular flexibility index (Phi) is 7.33. The summed E-state index contributed by atoms with van der Waals surface area (Å²) in [5.41, 5.74) is 3.92. The molecule has 0 aliphatic carbocycles. The van der Waals surface area contributed by atoms with Crippen molar-refractivity contribution in [1.82, 2.24) is 9.80 Å². The summed E-state index contributed by atoms with van der Waals surface area (Å²) in [4.78, 5) is 14.3. The minimum Gasteiger partial charge on any atom is -0.481 e. The molecule has 2 aromatic carbocycles. The van der Waals surface area contributed by atoms with Crippen LogP contribution in [0.1, 0.15) is 49.4 Å². The largest absolute Gasteiger partial charge is 0.481 e. The van der Waals surface area contributed by atoms with Crippen LogP contribution >= 0.6 is 0 Å². The molecule has 4 aliphatic heterocycles. The van der Waals surface area contributed by atoms with Crippen LogP contribution in [0.15, 0.2) is 54.6 Å². The molecule has 0 aromatic heterocycles. The summed E-state index contributed by atoms with van der Waals surface area (Å²) < 4.78 is 6.30. The van der Waals surface area contributed by atoms with E-state index in [9.17, 15) is 4.79 Å². The summed E-state index contributed by atoms with van der Waals surface area (Å²) in [5, 5.41) is 16.8. The van der Waals surface area contributed by atoms with Gasteiger partial charge in [0.15, 0.2) is 0 Å². The number of carboxylic acids is 1. The second-order valence-corrected chi connectivity index (χ2v) is 9.55. The number of amidine groups is 1. The number of hydrogen-bond donors (Lipinski definition) is 2. The van der Waals surface area contributed by atoms with E-state index in [1.165, 1.54) is 42.6 Å². The van der Waals surface area contributed by atoms with Gasteiger partial charge in [0.2, 0.25) is 0 Å². The lowest BCUT2D eigenvalue weighted by molar-refractivity contribution is -0.140. The maximum Gasteiger partial charge on any atom is 0.305 e. The molecular formula is C27H35N3O3. The molecule has 33 heavy (non-hydrogen) atoms. The molecule has 4 heterocycles. The van der Waals surface area contributed by atoms with Crippen molar-refractivity contribution in [3.8, 4) is 0 Å². The van der Waals surface area contributed by atoms with Crippen molar-refractivity contribution in [1.29, 1.82) is 5.41 Å². The van der Waals surface area contributed by atoms with Gasteiger partial charge in [0.25, 0.3) is 6.02 Å². The van der Waals surface area contributed by atoms with Gasteiger partial charge in [-0.2, -0.15) is 0 Å². The Morgan fingerprint density at radius 1 is 1.03 bits per heavy atom. The van der Waals surface area contributed by atoms with E-state index in [0.717, 1.165) is 19.5 Å². The van der Waals surface area contributed by atoms with E-state index in [4.69, 9.17) is 15.3 Å². The molecule has 3 fully saturated rings. The van der Waals surface area contributed by atoms with Gasteiger partial charge >= 0.3 is 5.97 Å². The molecule has 2 bridgehead atoms. The summed E-state index contributed by atoms with van der Waals surface area (Å²) >= 11 is 0. The van der Waals surface area contributed by atoms with Gasteiger partial charge in [-0.15, -0.1) is 0 Å². The minimum atomic E-state index is -0.741. The normalized spacial score (nSPS) is 25.6. The Balaban J connectivity index is 0.000000385. The van der Waals surface area contributed by atoms with Gasteiger partial charge in [-0.1, -0.05) is 68.4 Å². The molecule has 0 radical (unpaired) electrons. The van der Waals surface area contributed by atoms with E-state index in [2.05, 4.69) is 64.4 Å². The fourth-order valence-corrected chi connectivity index (χ4v) is 5.04. The molecule has 0 amide bonds. The van der Waals surface area contributed by atoms with Gasteiger partial charge in [0.1, 0.15) is 6.10 Å². The highest BCUT2D eigenvalue weighted by Crippen LogP contribution is 2.36. The fourth-order valence-electron chi connectivity index (χ4n) is 5.04. The van der Waals surface area contributed by atoms with Crippen molar-refractivity contribution < 1.29 is 14.6 Å². The molecule has 4 aliphatic rings.